The standard InChI is InChI=1S/C11H8N4O3/c16-9-3-8(6-1-2-12-4-6)14-10-7(11(17)18)5-13-15(9)10/h1-5,12-13H,(H,17,18). The van der Waals surface area contributed by atoms with Crippen LogP contribution in [0.15, 0.2) is 35.5 Å². The molecule has 7 nitrogen and oxygen atoms in total. The lowest BCUT2D eigenvalue weighted by molar-refractivity contribution is 0.0699. The number of carboxylic acid groups (broad SMARTS) is 1. The lowest BCUT2D eigenvalue weighted by Gasteiger charge is -1.98. The summed E-state index contributed by atoms with van der Waals surface area (Å²) < 4.78 is 1.10. The number of carboxylic acids is 1. The van der Waals surface area contributed by atoms with Gasteiger partial charge < -0.3 is 10.1 Å². The lowest BCUT2D eigenvalue weighted by atomic mass is 10.2. The van der Waals surface area contributed by atoms with E-state index in [1.54, 1.807) is 18.5 Å². The Bertz CT molecular complexity index is 782. The number of H-pyrrole nitrogens is 2. The maximum absolute atomic E-state index is 11.8. The third-order valence-electron chi connectivity index (χ3n) is 2.62. The smallest absolute Gasteiger partial charge is 0.341 e. The third kappa shape index (κ3) is 1.41. The fraction of sp³-hybridized carbons (Fsp3) is 0. The Morgan fingerprint density at radius 3 is 2.89 bits per heavy atom. The van der Waals surface area contributed by atoms with Crippen LogP contribution in [0.25, 0.3) is 16.9 Å². The molecule has 3 aromatic heterocycles. The highest BCUT2D eigenvalue weighted by Crippen LogP contribution is 2.16. The number of carbonyl (C=O) groups is 1. The van der Waals surface area contributed by atoms with E-state index < -0.39 is 5.97 Å². The highest BCUT2D eigenvalue weighted by molar-refractivity contribution is 5.94. The zero-order valence-electron chi connectivity index (χ0n) is 9.04. The Hall–Kier alpha value is -2.83. The summed E-state index contributed by atoms with van der Waals surface area (Å²) in [6.07, 6.45) is 4.63. The number of fused-ring (bicyclic) bond motifs is 1. The molecule has 0 radical (unpaired) electrons. The van der Waals surface area contributed by atoms with Gasteiger partial charge in [0.2, 0.25) is 0 Å². The van der Waals surface area contributed by atoms with Crippen molar-refractivity contribution in [2.45, 2.75) is 0 Å². The van der Waals surface area contributed by atoms with Gasteiger partial charge >= 0.3 is 5.97 Å². The summed E-state index contributed by atoms with van der Waals surface area (Å²) in [5.41, 5.74) is 0.870. The molecule has 0 aliphatic carbocycles. The molecule has 0 amide bonds. The van der Waals surface area contributed by atoms with Gasteiger partial charge in [0.15, 0.2) is 5.65 Å². The number of rotatable bonds is 2. The molecule has 0 spiro atoms. The Labute approximate surface area is 99.7 Å². The van der Waals surface area contributed by atoms with Gasteiger partial charge in [-0.2, -0.15) is 0 Å². The number of hydrogen-bond donors (Lipinski definition) is 3. The molecule has 0 saturated heterocycles. The molecule has 0 aromatic carbocycles. The van der Waals surface area contributed by atoms with Crippen LogP contribution >= 0.6 is 0 Å². The molecular formula is C11H8N4O3. The number of aromatic carboxylic acids is 1. The van der Waals surface area contributed by atoms with Crippen molar-refractivity contribution in [3.8, 4) is 11.3 Å². The Morgan fingerprint density at radius 1 is 1.39 bits per heavy atom. The average molecular weight is 244 g/mol. The van der Waals surface area contributed by atoms with Crippen LogP contribution in [-0.4, -0.2) is 30.7 Å². The van der Waals surface area contributed by atoms with Crippen LogP contribution in [0, 0.1) is 0 Å². The molecule has 3 rings (SSSR count). The summed E-state index contributed by atoms with van der Waals surface area (Å²) in [4.78, 5) is 29.9. The second kappa shape index (κ2) is 3.59. The first kappa shape index (κ1) is 10.3. The van der Waals surface area contributed by atoms with E-state index in [9.17, 15) is 9.59 Å². The Morgan fingerprint density at radius 2 is 2.22 bits per heavy atom. The van der Waals surface area contributed by atoms with Gasteiger partial charge in [-0.25, -0.2) is 14.3 Å². The van der Waals surface area contributed by atoms with Crippen molar-refractivity contribution in [1.29, 1.82) is 0 Å². The largest absolute Gasteiger partial charge is 0.477 e. The van der Waals surface area contributed by atoms with Crippen LogP contribution in [0.4, 0.5) is 0 Å². The van der Waals surface area contributed by atoms with Crippen LogP contribution in [0.5, 0.6) is 0 Å². The zero-order valence-corrected chi connectivity index (χ0v) is 9.04. The van der Waals surface area contributed by atoms with E-state index in [2.05, 4.69) is 15.1 Å². The van der Waals surface area contributed by atoms with Crippen molar-refractivity contribution in [3.05, 3.63) is 46.6 Å². The number of nitrogens with zero attached hydrogens (tertiary/aromatic N) is 2. The molecule has 0 bridgehead atoms. The minimum absolute atomic E-state index is 0.0375. The van der Waals surface area contributed by atoms with Crippen molar-refractivity contribution >= 4 is 11.6 Å². The van der Waals surface area contributed by atoms with Gasteiger partial charge in [-0.15, -0.1) is 0 Å². The van der Waals surface area contributed by atoms with Crippen molar-refractivity contribution in [1.82, 2.24) is 19.6 Å². The molecule has 0 aliphatic heterocycles. The predicted molar refractivity (Wildman–Crippen MR) is 62.6 cm³/mol. The summed E-state index contributed by atoms with van der Waals surface area (Å²) in [5.74, 6) is -1.13. The molecule has 3 aromatic rings. The molecule has 3 heterocycles. The van der Waals surface area contributed by atoms with Gasteiger partial charge in [0.05, 0.1) is 5.69 Å². The Kier molecular flexibility index (Phi) is 2.06. The van der Waals surface area contributed by atoms with Crippen LogP contribution in [-0.2, 0) is 0 Å². The predicted octanol–water partition coefficient (Wildman–Crippen LogP) is 0.716. The minimum atomic E-state index is -1.13. The zero-order chi connectivity index (χ0) is 12.7. The third-order valence-corrected chi connectivity index (χ3v) is 2.62. The highest BCUT2D eigenvalue weighted by atomic mass is 16.4. The van der Waals surface area contributed by atoms with E-state index in [0.717, 1.165) is 10.1 Å². The van der Waals surface area contributed by atoms with Crippen molar-refractivity contribution in [2.24, 2.45) is 0 Å². The first-order valence-electron chi connectivity index (χ1n) is 5.14. The maximum Gasteiger partial charge on any atom is 0.341 e. The molecule has 0 saturated carbocycles. The van der Waals surface area contributed by atoms with E-state index in [0.29, 0.717) is 5.69 Å². The topological polar surface area (TPSA) is 103 Å². The molecule has 0 atom stereocenters. The maximum atomic E-state index is 11.8. The molecule has 0 aliphatic rings. The van der Waals surface area contributed by atoms with Gasteiger partial charge in [-0.3, -0.25) is 9.89 Å². The molecule has 3 N–H and O–H groups in total. The molecule has 0 fully saturated rings. The number of hydrogen-bond acceptors (Lipinski definition) is 3. The van der Waals surface area contributed by atoms with E-state index in [-0.39, 0.29) is 16.8 Å². The van der Waals surface area contributed by atoms with Crippen molar-refractivity contribution in [3.63, 3.8) is 0 Å². The second-order valence-electron chi connectivity index (χ2n) is 3.73. The molecule has 0 unspecified atom stereocenters. The van der Waals surface area contributed by atoms with Gasteiger partial charge in [-0.1, -0.05) is 0 Å². The van der Waals surface area contributed by atoms with Gasteiger partial charge in [-0.05, 0) is 6.07 Å². The van der Waals surface area contributed by atoms with Crippen LogP contribution in [0.3, 0.4) is 0 Å². The molecule has 90 valence electrons. The summed E-state index contributed by atoms with van der Waals surface area (Å²) in [6, 6.07) is 3.10. The fourth-order valence-corrected chi connectivity index (χ4v) is 1.77. The molecule has 18 heavy (non-hydrogen) atoms. The highest BCUT2D eigenvalue weighted by Gasteiger charge is 2.14. The first-order chi connectivity index (χ1) is 8.66. The summed E-state index contributed by atoms with van der Waals surface area (Å²) in [5, 5.41) is 11.6. The Balaban J connectivity index is 2.34. The van der Waals surface area contributed by atoms with E-state index in [1.165, 1.54) is 12.3 Å². The van der Waals surface area contributed by atoms with Crippen molar-refractivity contribution in [2.75, 3.05) is 0 Å². The summed E-state index contributed by atoms with van der Waals surface area (Å²) >= 11 is 0. The minimum Gasteiger partial charge on any atom is -0.477 e. The monoisotopic (exact) mass is 244 g/mol. The molecule has 7 heteroatoms. The summed E-state index contributed by atoms with van der Waals surface area (Å²) in [7, 11) is 0. The van der Waals surface area contributed by atoms with E-state index in [4.69, 9.17) is 5.11 Å². The number of aromatic amines is 2. The van der Waals surface area contributed by atoms with Gasteiger partial charge in [0.1, 0.15) is 5.56 Å². The lowest BCUT2D eigenvalue weighted by Crippen LogP contribution is -2.14. The van der Waals surface area contributed by atoms with Crippen LogP contribution in [0.2, 0.25) is 0 Å². The number of aromatic nitrogens is 4. The molecular weight excluding hydrogens is 236 g/mol. The normalized spacial score (nSPS) is 10.9. The number of nitrogens with one attached hydrogen (secondary N) is 2. The SMILES string of the molecule is O=C(O)c1c[nH]n2c(=O)cc(-c3cc[nH]c3)nc12. The van der Waals surface area contributed by atoms with Gasteiger partial charge in [0.25, 0.3) is 5.56 Å². The first-order valence-corrected chi connectivity index (χ1v) is 5.14. The van der Waals surface area contributed by atoms with E-state index >= 15 is 0 Å². The fourth-order valence-electron chi connectivity index (χ4n) is 1.77. The quantitative estimate of drug-likeness (QED) is 0.617. The van der Waals surface area contributed by atoms with Gasteiger partial charge in [0, 0.05) is 30.2 Å². The van der Waals surface area contributed by atoms with Crippen LogP contribution < -0.4 is 5.56 Å². The average Bonchev–Trinajstić information content (AvgIpc) is 2.97. The van der Waals surface area contributed by atoms with Crippen LogP contribution in [0.1, 0.15) is 10.4 Å². The van der Waals surface area contributed by atoms with E-state index in [1.807, 2.05) is 0 Å². The summed E-state index contributed by atoms with van der Waals surface area (Å²) in [6.45, 7) is 0. The second-order valence-corrected chi connectivity index (χ2v) is 3.73. The van der Waals surface area contributed by atoms with Crippen molar-refractivity contribution < 1.29 is 9.90 Å².